The molecule has 0 aliphatic carbocycles. The smallest absolute Gasteiger partial charge is 0.304 e. The molecule has 2 aliphatic heterocycles. The first-order chi connectivity index (χ1) is 16.5. The summed E-state index contributed by atoms with van der Waals surface area (Å²) in [5.74, 6) is -2.86. The number of hydrogen-bond acceptors (Lipinski definition) is 4. The molecular weight excluding hydrogens is 481 g/mol. The summed E-state index contributed by atoms with van der Waals surface area (Å²) in [7, 11) is -4.48. The predicted molar refractivity (Wildman–Crippen MR) is 123 cm³/mol. The number of rotatable bonds is 3. The standard InChI is InChI=1S/C25H19F3N2O4S/c1-16-7-2-3-8-17(16)14-29-21-12-5-4-11-20(21)24(23(29)32)30(22(31)15-35(24,33)34)19-10-6-9-18(13-19)25(26,27)28/h2-13H,14-15H2,1H3/t24-/m1/s1. The number of hydrogen-bond donors (Lipinski definition) is 0. The molecule has 3 aromatic carbocycles. The van der Waals surface area contributed by atoms with E-state index < -0.39 is 44.0 Å². The van der Waals surface area contributed by atoms with Gasteiger partial charge in [0.25, 0.3) is 10.8 Å². The van der Waals surface area contributed by atoms with E-state index in [2.05, 4.69) is 0 Å². The van der Waals surface area contributed by atoms with Gasteiger partial charge in [-0.15, -0.1) is 0 Å². The highest BCUT2D eigenvalue weighted by Gasteiger charge is 2.69. The van der Waals surface area contributed by atoms with E-state index in [0.717, 1.165) is 28.2 Å². The van der Waals surface area contributed by atoms with Crippen LogP contribution in [-0.4, -0.2) is 26.0 Å². The summed E-state index contributed by atoms with van der Waals surface area (Å²) in [6, 6.07) is 17.2. The molecule has 0 radical (unpaired) electrons. The van der Waals surface area contributed by atoms with Gasteiger partial charge in [0.05, 0.1) is 17.8 Å². The highest BCUT2D eigenvalue weighted by molar-refractivity contribution is 7.94. The number of aryl methyl sites for hydroxylation is 1. The van der Waals surface area contributed by atoms with Crippen molar-refractivity contribution >= 4 is 33.0 Å². The third-order valence-corrected chi connectivity index (χ3v) is 8.55. The molecule has 2 aliphatic rings. The number of sulfone groups is 1. The van der Waals surface area contributed by atoms with Crippen LogP contribution in [0.15, 0.2) is 72.8 Å². The number of para-hydroxylation sites is 1. The fourth-order valence-corrected chi connectivity index (χ4v) is 6.86. The van der Waals surface area contributed by atoms with Gasteiger partial charge in [-0.05, 0) is 42.3 Å². The summed E-state index contributed by atoms with van der Waals surface area (Å²) >= 11 is 0. The molecule has 10 heteroatoms. The number of halogens is 3. The maximum absolute atomic E-state index is 14.1. The third kappa shape index (κ3) is 3.27. The summed E-state index contributed by atoms with van der Waals surface area (Å²) < 4.78 is 67.4. The minimum atomic E-state index is -4.72. The van der Waals surface area contributed by atoms with Crippen molar-refractivity contribution in [1.82, 2.24) is 0 Å². The maximum Gasteiger partial charge on any atom is 0.416 e. The van der Waals surface area contributed by atoms with Crippen LogP contribution < -0.4 is 9.80 Å². The minimum Gasteiger partial charge on any atom is -0.304 e. The molecule has 5 rings (SSSR count). The van der Waals surface area contributed by atoms with E-state index in [-0.39, 0.29) is 23.5 Å². The average Bonchev–Trinajstić information content (AvgIpc) is 3.17. The first kappa shape index (κ1) is 23.1. The Kier molecular flexibility index (Phi) is 5.06. The van der Waals surface area contributed by atoms with Crippen molar-refractivity contribution in [2.24, 2.45) is 0 Å². The Morgan fingerprint density at radius 3 is 2.34 bits per heavy atom. The summed E-state index contributed by atoms with van der Waals surface area (Å²) in [4.78, 5) is 26.7. The summed E-state index contributed by atoms with van der Waals surface area (Å²) in [6.45, 7) is 1.88. The molecule has 3 aromatic rings. The van der Waals surface area contributed by atoms with Crippen LogP contribution in [0.4, 0.5) is 24.5 Å². The van der Waals surface area contributed by atoms with Crippen molar-refractivity contribution in [2.75, 3.05) is 15.6 Å². The summed E-state index contributed by atoms with van der Waals surface area (Å²) in [5, 5.41) is 0. The average molecular weight is 500 g/mol. The highest BCUT2D eigenvalue weighted by atomic mass is 32.2. The van der Waals surface area contributed by atoms with Gasteiger partial charge < -0.3 is 4.90 Å². The molecule has 0 bridgehead atoms. The fourth-order valence-electron chi connectivity index (χ4n) is 4.83. The number of alkyl halides is 3. The van der Waals surface area contributed by atoms with Crippen molar-refractivity contribution in [3.8, 4) is 0 Å². The lowest BCUT2D eigenvalue weighted by molar-refractivity contribution is -0.137. The third-order valence-electron chi connectivity index (χ3n) is 6.44. The van der Waals surface area contributed by atoms with E-state index in [1.54, 1.807) is 24.3 Å². The molecule has 0 N–H and O–H groups in total. The van der Waals surface area contributed by atoms with Crippen LogP contribution in [0.3, 0.4) is 0 Å². The van der Waals surface area contributed by atoms with Crippen LogP contribution >= 0.6 is 0 Å². The van der Waals surface area contributed by atoms with E-state index in [4.69, 9.17) is 0 Å². The molecule has 0 saturated carbocycles. The van der Waals surface area contributed by atoms with Gasteiger partial charge in [-0.25, -0.2) is 8.42 Å². The van der Waals surface area contributed by atoms with E-state index in [1.165, 1.54) is 23.1 Å². The second kappa shape index (κ2) is 7.67. The molecule has 35 heavy (non-hydrogen) atoms. The maximum atomic E-state index is 14.1. The first-order valence-electron chi connectivity index (χ1n) is 10.7. The van der Waals surface area contributed by atoms with Gasteiger partial charge in [0.2, 0.25) is 5.91 Å². The van der Waals surface area contributed by atoms with Gasteiger partial charge in [0.15, 0.2) is 9.84 Å². The van der Waals surface area contributed by atoms with Gasteiger partial charge in [0.1, 0.15) is 5.75 Å². The Bertz CT molecular complexity index is 1490. The Labute approximate surface area is 199 Å². The zero-order valence-corrected chi connectivity index (χ0v) is 19.2. The SMILES string of the molecule is Cc1ccccc1CN1C(=O)[C@]2(c3ccccc31)N(c1cccc(C(F)(F)F)c1)C(=O)CS2(=O)=O. The van der Waals surface area contributed by atoms with Gasteiger partial charge in [0, 0.05) is 11.3 Å². The van der Waals surface area contributed by atoms with Crippen molar-refractivity contribution in [1.29, 1.82) is 0 Å². The van der Waals surface area contributed by atoms with E-state index in [9.17, 15) is 31.2 Å². The van der Waals surface area contributed by atoms with Crippen molar-refractivity contribution in [2.45, 2.75) is 24.5 Å². The van der Waals surface area contributed by atoms with Gasteiger partial charge in [-0.2, -0.15) is 13.2 Å². The largest absolute Gasteiger partial charge is 0.416 e. The normalized spacial score (nSPS) is 21.1. The molecule has 2 amide bonds. The zero-order valence-electron chi connectivity index (χ0n) is 18.4. The second-order valence-electron chi connectivity index (χ2n) is 8.52. The van der Waals surface area contributed by atoms with Crippen LogP contribution in [0.2, 0.25) is 0 Å². The monoisotopic (exact) mass is 500 g/mol. The Balaban J connectivity index is 1.74. The van der Waals surface area contributed by atoms with Crippen LogP contribution in [0.25, 0.3) is 0 Å². The topological polar surface area (TPSA) is 74.8 Å². The summed E-state index contributed by atoms with van der Waals surface area (Å²) in [5.41, 5.74) is 0.598. The molecular formula is C25H19F3N2O4S. The lowest BCUT2D eigenvalue weighted by Crippen LogP contribution is -2.54. The van der Waals surface area contributed by atoms with Crippen LogP contribution in [-0.2, 0) is 37.0 Å². The molecule has 2 heterocycles. The van der Waals surface area contributed by atoms with Crippen LogP contribution in [0.5, 0.6) is 0 Å². The number of carbonyl (C=O) groups excluding carboxylic acids is 2. The number of amides is 2. The van der Waals surface area contributed by atoms with Gasteiger partial charge >= 0.3 is 6.18 Å². The van der Waals surface area contributed by atoms with Crippen molar-refractivity contribution in [3.63, 3.8) is 0 Å². The van der Waals surface area contributed by atoms with Gasteiger partial charge in [-0.1, -0.05) is 48.5 Å². The van der Waals surface area contributed by atoms with Crippen molar-refractivity contribution < 1.29 is 31.2 Å². The number of fused-ring (bicyclic) bond motifs is 2. The van der Waals surface area contributed by atoms with E-state index in [0.29, 0.717) is 6.07 Å². The Hall–Kier alpha value is -3.66. The lowest BCUT2D eigenvalue weighted by Gasteiger charge is -2.33. The number of nitrogens with zero attached hydrogens (tertiary/aromatic N) is 2. The fraction of sp³-hybridized carbons (Fsp3) is 0.200. The number of anilines is 2. The molecule has 180 valence electrons. The van der Waals surface area contributed by atoms with Crippen molar-refractivity contribution in [3.05, 3.63) is 95.1 Å². The number of benzene rings is 3. The van der Waals surface area contributed by atoms with Crippen LogP contribution in [0.1, 0.15) is 22.3 Å². The zero-order chi connectivity index (χ0) is 25.2. The lowest BCUT2D eigenvalue weighted by atomic mass is 10.0. The highest BCUT2D eigenvalue weighted by Crippen LogP contribution is 2.53. The molecule has 1 atom stereocenters. The first-order valence-corrected chi connectivity index (χ1v) is 12.3. The predicted octanol–water partition coefficient (Wildman–Crippen LogP) is 4.18. The summed E-state index contributed by atoms with van der Waals surface area (Å²) in [6.07, 6.45) is -4.72. The van der Waals surface area contributed by atoms with Gasteiger partial charge in [-0.3, -0.25) is 14.5 Å². The Morgan fingerprint density at radius 2 is 1.63 bits per heavy atom. The van der Waals surface area contributed by atoms with Crippen LogP contribution in [0, 0.1) is 6.92 Å². The molecule has 0 aromatic heterocycles. The molecule has 6 nitrogen and oxygen atoms in total. The molecule has 0 unspecified atom stereocenters. The molecule has 1 saturated heterocycles. The second-order valence-corrected chi connectivity index (χ2v) is 10.6. The minimum absolute atomic E-state index is 0.0322. The molecule has 1 fully saturated rings. The molecule has 1 spiro atoms. The van der Waals surface area contributed by atoms with E-state index >= 15 is 0 Å². The quantitative estimate of drug-likeness (QED) is 0.541. The Morgan fingerprint density at radius 1 is 0.943 bits per heavy atom. The number of carbonyl (C=O) groups is 2. The van der Waals surface area contributed by atoms with E-state index in [1.807, 2.05) is 19.1 Å².